The highest BCUT2D eigenvalue weighted by Crippen LogP contribution is 2.19. The molecular formula is C7H4ClNO3S. The van der Waals surface area contributed by atoms with Crippen molar-refractivity contribution >= 4 is 21.7 Å². The van der Waals surface area contributed by atoms with Gasteiger partial charge in [-0.15, -0.1) is 0 Å². The normalized spacial score (nSPS) is 10.8. The van der Waals surface area contributed by atoms with E-state index in [1.165, 1.54) is 12.1 Å². The van der Waals surface area contributed by atoms with Gasteiger partial charge in [-0.3, -0.25) is 4.55 Å². The van der Waals surface area contributed by atoms with Crippen molar-refractivity contribution in [2.24, 2.45) is 0 Å². The molecule has 68 valence electrons. The molecule has 0 saturated carbocycles. The molecule has 6 heteroatoms. The first-order valence-electron chi connectivity index (χ1n) is 3.12. The molecule has 0 heterocycles. The van der Waals surface area contributed by atoms with Gasteiger partial charge >= 0.3 is 0 Å². The smallest absolute Gasteiger partial charge is 0.282 e. The highest BCUT2D eigenvalue weighted by molar-refractivity contribution is 7.85. The Morgan fingerprint density at radius 2 is 2.08 bits per heavy atom. The Bertz CT molecular complexity index is 475. The average Bonchev–Trinajstić information content (AvgIpc) is 2.01. The van der Waals surface area contributed by atoms with Crippen molar-refractivity contribution in [3.63, 3.8) is 0 Å². The highest BCUT2D eigenvalue weighted by atomic mass is 35.5. The third kappa shape index (κ3) is 2.18. The summed E-state index contributed by atoms with van der Waals surface area (Å²) in [6.45, 7) is 0. The van der Waals surface area contributed by atoms with Crippen LogP contribution in [0.2, 0.25) is 5.02 Å². The van der Waals surface area contributed by atoms with Crippen LogP contribution < -0.4 is 0 Å². The van der Waals surface area contributed by atoms with Crippen LogP contribution in [0.15, 0.2) is 23.1 Å². The molecule has 1 aromatic rings. The Labute approximate surface area is 80.1 Å². The van der Waals surface area contributed by atoms with Gasteiger partial charge in [0, 0.05) is 5.02 Å². The van der Waals surface area contributed by atoms with Crippen molar-refractivity contribution in [2.45, 2.75) is 4.90 Å². The zero-order valence-electron chi connectivity index (χ0n) is 6.23. The second kappa shape index (κ2) is 3.34. The molecule has 0 unspecified atom stereocenters. The van der Waals surface area contributed by atoms with E-state index in [2.05, 4.69) is 0 Å². The number of halogens is 1. The summed E-state index contributed by atoms with van der Waals surface area (Å²) in [5.41, 5.74) is -0.171. The maximum atomic E-state index is 10.7. The first-order valence-corrected chi connectivity index (χ1v) is 4.94. The van der Waals surface area contributed by atoms with Crippen LogP contribution in [0.4, 0.5) is 0 Å². The predicted octanol–water partition coefficient (Wildman–Crippen LogP) is 1.46. The third-order valence-electron chi connectivity index (χ3n) is 1.34. The van der Waals surface area contributed by atoms with E-state index in [0.717, 1.165) is 6.07 Å². The van der Waals surface area contributed by atoms with Gasteiger partial charge in [-0.05, 0) is 18.2 Å². The van der Waals surface area contributed by atoms with Crippen LogP contribution in [0.25, 0.3) is 0 Å². The zero-order valence-corrected chi connectivity index (χ0v) is 7.80. The average molecular weight is 218 g/mol. The number of nitriles is 1. The Morgan fingerprint density at radius 3 is 2.54 bits per heavy atom. The summed E-state index contributed by atoms with van der Waals surface area (Å²) >= 11 is 5.52. The first-order chi connectivity index (χ1) is 5.95. The van der Waals surface area contributed by atoms with E-state index in [1.54, 1.807) is 6.07 Å². The number of hydrogen-bond donors (Lipinski definition) is 1. The molecule has 0 aliphatic heterocycles. The molecule has 0 aliphatic carbocycles. The molecule has 0 atom stereocenters. The van der Waals surface area contributed by atoms with Gasteiger partial charge < -0.3 is 0 Å². The van der Waals surface area contributed by atoms with Crippen LogP contribution in [0, 0.1) is 11.3 Å². The summed E-state index contributed by atoms with van der Waals surface area (Å²) in [6, 6.07) is 5.15. The molecule has 0 saturated heterocycles. The SMILES string of the molecule is N#Cc1cc(Cl)ccc1S(=O)(=O)O. The Hall–Kier alpha value is -1.09. The molecule has 1 rings (SSSR count). The molecule has 0 fully saturated rings. The van der Waals surface area contributed by atoms with E-state index in [0.29, 0.717) is 0 Å². The number of hydrogen-bond acceptors (Lipinski definition) is 3. The molecule has 0 bridgehead atoms. The van der Waals surface area contributed by atoms with E-state index in [9.17, 15) is 8.42 Å². The van der Waals surface area contributed by atoms with E-state index >= 15 is 0 Å². The molecule has 0 aromatic heterocycles. The van der Waals surface area contributed by atoms with E-state index in [1.807, 2.05) is 0 Å². The lowest BCUT2D eigenvalue weighted by Crippen LogP contribution is -2.00. The Balaban J connectivity index is 3.50. The number of rotatable bonds is 1. The van der Waals surface area contributed by atoms with Gasteiger partial charge in [0.2, 0.25) is 0 Å². The lowest BCUT2D eigenvalue weighted by molar-refractivity contribution is 0.483. The van der Waals surface area contributed by atoms with Crippen LogP contribution in [0.1, 0.15) is 5.56 Å². The van der Waals surface area contributed by atoms with Crippen molar-refractivity contribution in [2.75, 3.05) is 0 Å². The largest absolute Gasteiger partial charge is 0.295 e. The predicted molar refractivity (Wildman–Crippen MR) is 46.0 cm³/mol. The van der Waals surface area contributed by atoms with Crippen molar-refractivity contribution in [1.82, 2.24) is 0 Å². The molecule has 0 radical (unpaired) electrons. The third-order valence-corrected chi connectivity index (χ3v) is 2.49. The monoisotopic (exact) mass is 217 g/mol. The maximum absolute atomic E-state index is 10.7. The fourth-order valence-corrected chi connectivity index (χ4v) is 1.61. The Kier molecular flexibility index (Phi) is 2.57. The van der Waals surface area contributed by atoms with Crippen LogP contribution >= 0.6 is 11.6 Å². The first kappa shape index (κ1) is 9.99. The minimum Gasteiger partial charge on any atom is -0.282 e. The van der Waals surface area contributed by atoms with Gasteiger partial charge in [0.05, 0.1) is 5.56 Å². The van der Waals surface area contributed by atoms with Gasteiger partial charge in [-0.2, -0.15) is 13.7 Å². The topological polar surface area (TPSA) is 78.2 Å². The van der Waals surface area contributed by atoms with E-state index < -0.39 is 15.0 Å². The Morgan fingerprint density at radius 1 is 1.46 bits per heavy atom. The van der Waals surface area contributed by atoms with Gasteiger partial charge in [-0.25, -0.2) is 0 Å². The summed E-state index contributed by atoms with van der Waals surface area (Å²) < 4.78 is 30.0. The second-order valence-electron chi connectivity index (χ2n) is 2.23. The van der Waals surface area contributed by atoms with Gasteiger partial charge in [0.15, 0.2) is 0 Å². The summed E-state index contributed by atoms with van der Waals surface area (Å²) in [7, 11) is -4.34. The van der Waals surface area contributed by atoms with Crippen molar-refractivity contribution in [3.05, 3.63) is 28.8 Å². The zero-order chi connectivity index (χ0) is 10.1. The lowest BCUT2D eigenvalue weighted by atomic mass is 10.2. The van der Waals surface area contributed by atoms with Gasteiger partial charge in [0.25, 0.3) is 10.1 Å². The summed E-state index contributed by atoms with van der Waals surface area (Å²) in [5, 5.41) is 8.76. The minimum absolute atomic E-state index is 0.171. The number of nitrogens with zero attached hydrogens (tertiary/aromatic N) is 1. The van der Waals surface area contributed by atoms with Crippen molar-refractivity contribution in [3.8, 4) is 6.07 Å². The molecule has 4 nitrogen and oxygen atoms in total. The molecule has 1 aromatic carbocycles. The number of benzene rings is 1. The highest BCUT2D eigenvalue weighted by Gasteiger charge is 2.14. The van der Waals surface area contributed by atoms with Gasteiger partial charge in [0.1, 0.15) is 11.0 Å². The molecular weight excluding hydrogens is 214 g/mol. The van der Waals surface area contributed by atoms with Crippen molar-refractivity contribution < 1.29 is 13.0 Å². The van der Waals surface area contributed by atoms with E-state index in [-0.39, 0.29) is 10.6 Å². The van der Waals surface area contributed by atoms with Crippen LogP contribution in [-0.4, -0.2) is 13.0 Å². The summed E-state index contributed by atoms with van der Waals surface area (Å²) in [6.07, 6.45) is 0. The minimum atomic E-state index is -4.34. The standard InChI is InChI=1S/C7H4ClNO3S/c8-6-1-2-7(13(10,11)12)5(3-6)4-9/h1-3H,(H,10,11,12). The maximum Gasteiger partial charge on any atom is 0.295 e. The second-order valence-corrected chi connectivity index (χ2v) is 4.05. The molecule has 0 amide bonds. The molecule has 13 heavy (non-hydrogen) atoms. The van der Waals surface area contributed by atoms with Crippen LogP contribution in [-0.2, 0) is 10.1 Å². The molecule has 0 aliphatic rings. The summed E-state index contributed by atoms with van der Waals surface area (Å²) in [4.78, 5) is -0.431. The summed E-state index contributed by atoms with van der Waals surface area (Å²) in [5.74, 6) is 0. The fraction of sp³-hybridized carbons (Fsp3) is 0. The van der Waals surface area contributed by atoms with Crippen LogP contribution in [0.3, 0.4) is 0 Å². The quantitative estimate of drug-likeness (QED) is 0.723. The fourth-order valence-electron chi connectivity index (χ4n) is 0.815. The van der Waals surface area contributed by atoms with Crippen molar-refractivity contribution in [1.29, 1.82) is 5.26 Å². The molecule has 1 N–H and O–H groups in total. The van der Waals surface area contributed by atoms with Gasteiger partial charge in [-0.1, -0.05) is 11.6 Å². The van der Waals surface area contributed by atoms with Crippen LogP contribution in [0.5, 0.6) is 0 Å². The molecule has 0 spiro atoms. The lowest BCUT2D eigenvalue weighted by Gasteiger charge is -1.99. The van der Waals surface area contributed by atoms with E-state index in [4.69, 9.17) is 21.4 Å².